The molecule has 0 aliphatic rings. The first-order valence-corrected chi connectivity index (χ1v) is 7.43. The molecule has 0 unspecified atom stereocenters. The molecule has 2 N–H and O–H groups in total. The van der Waals surface area contributed by atoms with Crippen LogP contribution in [-0.4, -0.2) is 46.5 Å². The molecule has 0 heterocycles. The Labute approximate surface area is 122 Å². The van der Waals surface area contributed by atoms with Gasteiger partial charge in [0.15, 0.2) is 0 Å². The van der Waals surface area contributed by atoms with Crippen molar-refractivity contribution in [2.24, 2.45) is 0 Å². The molecule has 0 saturated carbocycles. The summed E-state index contributed by atoms with van der Waals surface area (Å²) in [6, 6.07) is 8.18. The SMILES string of the molecule is COCCNCCCNCCCOc1cccc(C)c1. The van der Waals surface area contributed by atoms with Crippen LogP contribution in [0.1, 0.15) is 18.4 Å². The predicted octanol–water partition coefficient (Wildman–Crippen LogP) is 1.98. The zero-order valence-corrected chi connectivity index (χ0v) is 12.8. The fourth-order valence-corrected chi connectivity index (χ4v) is 1.85. The average molecular weight is 280 g/mol. The molecule has 0 fully saturated rings. The van der Waals surface area contributed by atoms with Crippen molar-refractivity contribution in [3.05, 3.63) is 29.8 Å². The van der Waals surface area contributed by atoms with Crippen molar-refractivity contribution < 1.29 is 9.47 Å². The maximum absolute atomic E-state index is 5.69. The first-order valence-electron chi connectivity index (χ1n) is 7.43. The summed E-state index contributed by atoms with van der Waals surface area (Å²) in [5.74, 6) is 0.965. The summed E-state index contributed by atoms with van der Waals surface area (Å²) in [7, 11) is 1.72. The second-order valence-corrected chi connectivity index (χ2v) is 4.86. The molecule has 0 spiro atoms. The van der Waals surface area contributed by atoms with Crippen LogP contribution in [0.25, 0.3) is 0 Å². The molecule has 0 bridgehead atoms. The van der Waals surface area contributed by atoms with Crippen molar-refractivity contribution in [1.29, 1.82) is 0 Å². The fourth-order valence-electron chi connectivity index (χ4n) is 1.85. The van der Waals surface area contributed by atoms with Gasteiger partial charge in [0.25, 0.3) is 0 Å². The van der Waals surface area contributed by atoms with E-state index in [4.69, 9.17) is 9.47 Å². The fraction of sp³-hybridized carbons (Fsp3) is 0.625. The largest absolute Gasteiger partial charge is 0.494 e. The van der Waals surface area contributed by atoms with Gasteiger partial charge in [-0.15, -0.1) is 0 Å². The van der Waals surface area contributed by atoms with Crippen molar-refractivity contribution in [2.45, 2.75) is 19.8 Å². The minimum absolute atomic E-state index is 0.766. The molecule has 0 amide bonds. The number of nitrogens with one attached hydrogen (secondary N) is 2. The Morgan fingerprint density at radius 1 is 0.950 bits per heavy atom. The van der Waals surface area contributed by atoms with Crippen molar-refractivity contribution in [1.82, 2.24) is 10.6 Å². The lowest BCUT2D eigenvalue weighted by Gasteiger charge is -2.08. The van der Waals surface area contributed by atoms with E-state index in [0.717, 1.165) is 58.0 Å². The molecule has 0 radical (unpaired) electrons. The second kappa shape index (κ2) is 11.7. The summed E-state index contributed by atoms with van der Waals surface area (Å²) < 4.78 is 10.7. The van der Waals surface area contributed by atoms with Gasteiger partial charge in [0.05, 0.1) is 13.2 Å². The van der Waals surface area contributed by atoms with E-state index in [1.807, 2.05) is 12.1 Å². The van der Waals surface area contributed by atoms with Crippen molar-refractivity contribution >= 4 is 0 Å². The molecule has 0 atom stereocenters. The molecule has 4 nitrogen and oxygen atoms in total. The number of aryl methyl sites for hydroxylation is 1. The lowest BCUT2D eigenvalue weighted by Crippen LogP contribution is -2.25. The van der Waals surface area contributed by atoms with Crippen LogP contribution in [0.2, 0.25) is 0 Å². The molecular formula is C16H28N2O2. The van der Waals surface area contributed by atoms with Gasteiger partial charge in [0, 0.05) is 13.7 Å². The molecule has 0 aliphatic carbocycles. The number of hydrogen-bond acceptors (Lipinski definition) is 4. The molecular weight excluding hydrogens is 252 g/mol. The minimum atomic E-state index is 0.766. The van der Waals surface area contributed by atoms with Crippen LogP contribution >= 0.6 is 0 Å². The maximum Gasteiger partial charge on any atom is 0.119 e. The van der Waals surface area contributed by atoms with E-state index in [2.05, 4.69) is 29.7 Å². The van der Waals surface area contributed by atoms with Crippen LogP contribution in [0.3, 0.4) is 0 Å². The molecule has 0 saturated heterocycles. The third-order valence-corrected chi connectivity index (χ3v) is 2.95. The highest BCUT2D eigenvalue weighted by Crippen LogP contribution is 2.12. The maximum atomic E-state index is 5.69. The molecule has 0 aromatic heterocycles. The average Bonchev–Trinajstić information content (AvgIpc) is 2.45. The number of methoxy groups -OCH3 is 1. The van der Waals surface area contributed by atoms with E-state index >= 15 is 0 Å². The lowest BCUT2D eigenvalue weighted by molar-refractivity contribution is 0.199. The summed E-state index contributed by atoms with van der Waals surface area (Å²) in [5.41, 5.74) is 1.24. The predicted molar refractivity (Wildman–Crippen MR) is 83.5 cm³/mol. The zero-order valence-electron chi connectivity index (χ0n) is 12.8. The van der Waals surface area contributed by atoms with E-state index in [9.17, 15) is 0 Å². The van der Waals surface area contributed by atoms with Crippen molar-refractivity contribution in [3.8, 4) is 5.75 Å². The number of benzene rings is 1. The minimum Gasteiger partial charge on any atom is -0.494 e. The second-order valence-electron chi connectivity index (χ2n) is 4.86. The van der Waals surface area contributed by atoms with Crippen LogP contribution in [0, 0.1) is 6.92 Å². The van der Waals surface area contributed by atoms with Gasteiger partial charge in [-0.3, -0.25) is 0 Å². The van der Waals surface area contributed by atoms with Gasteiger partial charge in [-0.2, -0.15) is 0 Å². The molecule has 1 rings (SSSR count). The third-order valence-electron chi connectivity index (χ3n) is 2.95. The number of ether oxygens (including phenoxy) is 2. The number of hydrogen-bond donors (Lipinski definition) is 2. The summed E-state index contributed by atoms with van der Waals surface area (Å²) in [6.45, 7) is 7.65. The molecule has 4 heteroatoms. The normalized spacial score (nSPS) is 10.7. The highest BCUT2D eigenvalue weighted by molar-refractivity contribution is 5.27. The quantitative estimate of drug-likeness (QED) is 0.575. The highest BCUT2D eigenvalue weighted by Gasteiger charge is 1.94. The van der Waals surface area contributed by atoms with Gasteiger partial charge in [-0.1, -0.05) is 12.1 Å². The Morgan fingerprint density at radius 3 is 2.45 bits per heavy atom. The van der Waals surface area contributed by atoms with Gasteiger partial charge < -0.3 is 20.1 Å². The molecule has 1 aromatic carbocycles. The summed E-state index contributed by atoms with van der Waals surface area (Å²) in [4.78, 5) is 0. The van der Waals surface area contributed by atoms with Gasteiger partial charge in [0.2, 0.25) is 0 Å². The Balaban J connectivity index is 1.85. The Kier molecular flexibility index (Phi) is 9.92. The van der Waals surface area contributed by atoms with Crippen LogP contribution in [0.15, 0.2) is 24.3 Å². The van der Waals surface area contributed by atoms with Crippen molar-refractivity contribution in [2.75, 3.05) is 46.5 Å². The van der Waals surface area contributed by atoms with Gasteiger partial charge in [-0.05, 0) is 57.1 Å². The standard InChI is InChI=1S/C16H28N2O2/c1-15-6-3-7-16(14-15)20-12-5-10-17-8-4-9-18-11-13-19-2/h3,6-7,14,17-18H,4-5,8-13H2,1-2H3. The van der Waals surface area contributed by atoms with Gasteiger partial charge in [-0.25, -0.2) is 0 Å². The first-order chi connectivity index (χ1) is 9.83. The van der Waals surface area contributed by atoms with Crippen LogP contribution in [-0.2, 0) is 4.74 Å². The van der Waals surface area contributed by atoms with E-state index in [-0.39, 0.29) is 0 Å². The smallest absolute Gasteiger partial charge is 0.119 e. The van der Waals surface area contributed by atoms with Crippen molar-refractivity contribution in [3.63, 3.8) is 0 Å². The third kappa shape index (κ3) is 8.91. The van der Waals surface area contributed by atoms with E-state index in [1.54, 1.807) is 7.11 Å². The molecule has 1 aromatic rings. The van der Waals surface area contributed by atoms with Gasteiger partial charge >= 0.3 is 0 Å². The van der Waals surface area contributed by atoms with E-state index < -0.39 is 0 Å². The zero-order chi connectivity index (χ0) is 14.5. The Bertz CT molecular complexity index is 345. The highest BCUT2D eigenvalue weighted by atomic mass is 16.5. The summed E-state index contributed by atoms with van der Waals surface area (Å²) >= 11 is 0. The lowest BCUT2D eigenvalue weighted by atomic mass is 10.2. The first kappa shape index (κ1) is 17.0. The topological polar surface area (TPSA) is 42.5 Å². The van der Waals surface area contributed by atoms with Crippen LogP contribution < -0.4 is 15.4 Å². The molecule has 114 valence electrons. The number of rotatable bonds is 12. The molecule has 20 heavy (non-hydrogen) atoms. The van der Waals surface area contributed by atoms with E-state index in [1.165, 1.54) is 5.56 Å². The Morgan fingerprint density at radius 2 is 1.70 bits per heavy atom. The monoisotopic (exact) mass is 280 g/mol. The molecule has 0 aliphatic heterocycles. The van der Waals surface area contributed by atoms with Crippen LogP contribution in [0.5, 0.6) is 5.75 Å². The van der Waals surface area contributed by atoms with Gasteiger partial charge in [0.1, 0.15) is 5.75 Å². The Hall–Kier alpha value is -1.10. The summed E-state index contributed by atoms with van der Waals surface area (Å²) in [6.07, 6.45) is 2.17. The summed E-state index contributed by atoms with van der Waals surface area (Å²) in [5, 5.41) is 6.75. The van der Waals surface area contributed by atoms with Crippen LogP contribution in [0.4, 0.5) is 0 Å². The van der Waals surface area contributed by atoms with E-state index in [0.29, 0.717) is 0 Å².